The maximum Gasteiger partial charge on any atom is 0.418 e. The number of rotatable bonds is 1. The lowest BCUT2D eigenvalue weighted by atomic mass is 10.1. The summed E-state index contributed by atoms with van der Waals surface area (Å²) in [6, 6.07) is 1.79. The number of nitrogens with zero attached hydrogens (tertiary/aromatic N) is 1. The summed E-state index contributed by atoms with van der Waals surface area (Å²) in [5.41, 5.74) is -1.19. The maximum absolute atomic E-state index is 10.6. The van der Waals surface area contributed by atoms with E-state index in [0.717, 1.165) is 0 Å². The third kappa shape index (κ3) is 4.78. The molecule has 0 rings (SSSR count). The lowest BCUT2D eigenvalue weighted by Crippen LogP contribution is -2.30. The summed E-state index contributed by atoms with van der Waals surface area (Å²) in [6.45, 7) is 2.89. The van der Waals surface area contributed by atoms with Gasteiger partial charge in [0.25, 0.3) is 0 Å². The lowest BCUT2D eigenvalue weighted by molar-refractivity contribution is -0.169. The first kappa shape index (κ1) is 12.0. The van der Waals surface area contributed by atoms with Crippen molar-refractivity contribution >= 4 is 11.9 Å². The van der Waals surface area contributed by atoms with Crippen LogP contribution in [0.3, 0.4) is 0 Å². The number of ether oxygens (including phenoxy) is 1. The zero-order valence-electron chi connectivity index (χ0n) is 7.83. The van der Waals surface area contributed by atoms with Gasteiger partial charge < -0.3 is 9.84 Å². The Kier molecular flexibility index (Phi) is 4.18. The molecule has 0 aliphatic carbocycles. The Bertz CT molecular complexity index is 340. The molecule has 0 aromatic carbocycles. The van der Waals surface area contributed by atoms with E-state index in [-0.39, 0.29) is 6.42 Å². The molecule has 0 aliphatic heterocycles. The molecule has 0 fully saturated rings. The van der Waals surface area contributed by atoms with Crippen molar-refractivity contribution in [1.82, 2.24) is 0 Å². The Hall–Kier alpha value is -2.01. The molecule has 0 aromatic rings. The number of aliphatic carboxylic acids is 1. The predicted molar refractivity (Wildman–Crippen MR) is 45.8 cm³/mol. The van der Waals surface area contributed by atoms with E-state index in [1.807, 2.05) is 0 Å². The normalized spacial score (nSPS) is 9.21. The van der Waals surface area contributed by atoms with E-state index in [1.54, 1.807) is 6.07 Å². The summed E-state index contributed by atoms with van der Waals surface area (Å²) < 4.78 is 4.52. The van der Waals surface area contributed by atoms with Crippen molar-refractivity contribution in [3.63, 3.8) is 0 Å². The van der Waals surface area contributed by atoms with E-state index >= 15 is 0 Å². The summed E-state index contributed by atoms with van der Waals surface area (Å²) in [5.74, 6) is 1.88. The van der Waals surface area contributed by atoms with Crippen LogP contribution in [0.5, 0.6) is 0 Å². The number of carboxylic acids is 1. The van der Waals surface area contributed by atoms with Crippen LogP contribution in [0.25, 0.3) is 0 Å². The van der Waals surface area contributed by atoms with Gasteiger partial charge in [0.05, 0.1) is 12.5 Å². The van der Waals surface area contributed by atoms with Crippen molar-refractivity contribution in [3.8, 4) is 17.9 Å². The fourth-order valence-corrected chi connectivity index (χ4v) is 0.597. The van der Waals surface area contributed by atoms with Crippen LogP contribution >= 0.6 is 0 Å². The Labute approximate surface area is 81.3 Å². The van der Waals surface area contributed by atoms with Gasteiger partial charge in [-0.25, -0.2) is 9.59 Å². The van der Waals surface area contributed by atoms with Crippen molar-refractivity contribution < 1.29 is 19.4 Å². The van der Waals surface area contributed by atoms with Gasteiger partial charge in [0.1, 0.15) is 0 Å². The highest BCUT2D eigenvalue weighted by Crippen LogP contribution is 2.07. The molecule has 0 spiro atoms. The average Bonchev–Trinajstić information content (AvgIpc) is 2.03. The van der Waals surface area contributed by atoms with E-state index in [0.29, 0.717) is 0 Å². The molecule has 5 heteroatoms. The highest BCUT2D eigenvalue weighted by atomic mass is 16.6. The Morgan fingerprint density at radius 1 is 1.50 bits per heavy atom. The van der Waals surface area contributed by atoms with Gasteiger partial charge in [-0.05, 0) is 13.8 Å². The van der Waals surface area contributed by atoms with Gasteiger partial charge >= 0.3 is 11.9 Å². The van der Waals surface area contributed by atoms with Crippen LogP contribution in [0.15, 0.2) is 0 Å². The molecule has 0 saturated heterocycles. The lowest BCUT2D eigenvalue weighted by Gasteiger charge is -2.16. The molecule has 5 nitrogen and oxygen atoms in total. The summed E-state index contributed by atoms with van der Waals surface area (Å²) >= 11 is 0. The third-order valence-electron chi connectivity index (χ3n) is 1.08. The van der Waals surface area contributed by atoms with Gasteiger partial charge in [-0.2, -0.15) is 5.26 Å². The van der Waals surface area contributed by atoms with Gasteiger partial charge in [0, 0.05) is 0 Å². The second-order valence-corrected chi connectivity index (χ2v) is 2.84. The van der Waals surface area contributed by atoms with E-state index in [9.17, 15) is 9.59 Å². The molecular formula is C9H9NO4. The van der Waals surface area contributed by atoms with Crippen LogP contribution in [0.4, 0.5) is 0 Å². The molecule has 0 aliphatic rings. The van der Waals surface area contributed by atoms with Crippen LogP contribution in [-0.2, 0) is 14.3 Å². The standard InChI is InChI=1S/C9H9NO4/c1-9(2,5-3-4-6-10)14-8(13)7(11)12/h4H2,1-2H3,(H,11,12). The first-order valence-electron chi connectivity index (χ1n) is 3.72. The van der Waals surface area contributed by atoms with E-state index in [2.05, 4.69) is 16.6 Å². The van der Waals surface area contributed by atoms with Gasteiger partial charge in [0.2, 0.25) is 0 Å². The molecule has 1 N–H and O–H groups in total. The summed E-state index contributed by atoms with van der Waals surface area (Å²) in [4.78, 5) is 20.8. The van der Waals surface area contributed by atoms with Gasteiger partial charge in [0.15, 0.2) is 5.60 Å². The van der Waals surface area contributed by atoms with Gasteiger partial charge in [-0.3, -0.25) is 0 Å². The molecule has 0 bridgehead atoms. The number of hydrogen-bond acceptors (Lipinski definition) is 4. The quantitative estimate of drug-likeness (QED) is 0.369. The molecule has 0 saturated carbocycles. The predicted octanol–water partition coefficient (Wildman–Crippen LogP) is 0.310. The van der Waals surface area contributed by atoms with Crippen LogP contribution < -0.4 is 0 Å². The molecule has 0 aromatic heterocycles. The van der Waals surface area contributed by atoms with Crippen molar-refractivity contribution in [2.75, 3.05) is 0 Å². The topological polar surface area (TPSA) is 87.4 Å². The zero-order valence-corrected chi connectivity index (χ0v) is 7.83. The van der Waals surface area contributed by atoms with Crippen molar-refractivity contribution in [3.05, 3.63) is 0 Å². The maximum atomic E-state index is 10.6. The first-order valence-corrected chi connectivity index (χ1v) is 3.72. The van der Waals surface area contributed by atoms with E-state index in [4.69, 9.17) is 10.4 Å². The fourth-order valence-electron chi connectivity index (χ4n) is 0.597. The molecule has 0 amide bonds. The van der Waals surface area contributed by atoms with E-state index < -0.39 is 17.5 Å². The summed E-state index contributed by atoms with van der Waals surface area (Å²) in [7, 11) is 0. The van der Waals surface area contributed by atoms with Gasteiger partial charge in [-0.1, -0.05) is 11.8 Å². The second-order valence-electron chi connectivity index (χ2n) is 2.84. The minimum Gasteiger partial charge on any atom is -0.473 e. The monoisotopic (exact) mass is 195 g/mol. The van der Waals surface area contributed by atoms with Gasteiger partial charge in [-0.15, -0.1) is 0 Å². The molecular weight excluding hydrogens is 186 g/mol. The Morgan fingerprint density at radius 2 is 2.07 bits per heavy atom. The number of hydrogen-bond donors (Lipinski definition) is 1. The van der Waals surface area contributed by atoms with Crippen LogP contribution in [0.2, 0.25) is 0 Å². The highest BCUT2D eigenvalue weighted by Gasteiger charge is 2.24. The third-order valence-corrected chi connectivity index (χ3v) is 1.08. The molecule has 0 atom stereocenters. The van der Waals surface area contributed by atoms with Crippen molar-refractivity contribution in [2.24, 2.45) is 0 Å². The summed E-state index contributed by atoms with van der Waals surface area (Å²) in [5, 5.41) is 16.4. The van der Waals surface area contributed by atoms with E-state index in [1.165, 1.54) is 13.8 Å². The number of carboxylic acid groups (broad SMARTS) is 1. The largest absolute Gasteiger partial charge is 0.473 e. The average molecular weight is 195 g/mol. The second kappa shape index (κ2) is 4.88. The minimum atomic E-state index is -1.67. The number of esters is 1. The number of carbonyl (C=O) groups excluding carboxylic acids is 1. The fraction of sp³-hybridized carbons (Fsp3) is 0.444. The number of nitriles is 1. The van der Waals surface area contributed by atoms with Crippen LogP contribution in [0, 0.1) is 23.2 Å². The Morgan fingerprint density at radius 3 is 2.50 bits per heavy atom. The highest BCUT2D eigenvalue weighted by molar-refractivity contribution is 6.28. The summed E-state index contributed by atoms with van der Waals surface area (Å²) in [6.07, 6.45) is 0.00799. The first-order chi connectivity index (χ1) is 6.39. The van der Waals surface area contributed by atoms with Crippen molar-refractivity contribution in [1.29, 1.82) is 5.26 Å². The van der Waals surface area contributed by atoms with Crippen molar-refractivity contribution in [2.45, 2.75) is 25.9 Å². The van der Waals surface area contributed by atoms with Crippen LogP contribution in [-0.4, -0.2) is 22.6 Å². The minimum absolute atomic E-state index is 0.00799. The zero-order chi connectivity index (χ0) is 11.2. The Balaban J connectivity index is 4.38. The van der Waals surface area contributed by atoms with Crippen LogP contribution in [0.1, 0.15) is 20.3 Å². The SMILES string of the molecule is CC(C)(C#CCC#N)OC(=O)C(=O)O. The molecule has 14 heavy (non-hydrogen) atoms. The molecule has 0 unspecified atom stereocenters. The molecule has 0 radical (unpaired) electrons. The number of carbonyl (C=O) groups is 2. The molecule has 0 heterocycles. The smallest absolute Gasteiger partial charge is 0.418 e. The molecule has 74 valence electrons.